The van der Waals surface area contributed by atoms with Gasteiger partial charge in [-0.3, -0.25) is 0 Å². The Labute approximate surface area is 272 Å². The molecule has 0 radical (unpaired) electrons. The van der Waals surface area contributed by atoms with Crippen LogP contribution < -0.4 is 9.80 Å². The second-order valence-electron chi connectivity index (χ2n) is 11.1. The van der Waals surface area contributed by atoms with Crippen LogP contribution in [0.25, 0.3) is 22.1 Å². The van der Waals surface area contributed by atoms with Crippen LogP contribution in [0.2, 0.25) is 0 Å². The van der Waals surface area contributed by atoms with Crippen molar-refractivity contribution >= 4 is 57.0 Å². The minimum atomic E-state index is -0.914. The SMILES string of the molecule is CCc1cc(C(=O)O)ccc1N(C)c1cc2c(cn1)ncn2C.CCc1cc(C(=O)OC)ccc1N(C)c1cc2c(cn1)ncn2C. The zero-order chi connectivity index (χ0) is 33.8. The van der Waals surface area contributed by atoms with Crippen molar-refractivity contribution in [1.82, 2.24) is 29.1 Å². The van der Waals surface area contributed by atoms with E-state index < -0.39 is 5.97 Å². The number of ether oxygens (including phenoxy) is 1. The van der Waals surface area contributed by atoms with Gasteiger partial charge in [-0.05, 0) is 60.4 Å². The quantitative estimate of drug-likeness (QED) is 0.197. The molecule has 0 aliphatic heterocycles. The van der Waals surface area contributed by atoms with Gasteiger partial charge in [0, 0.05) is 51.7 Å². The lowest BCUT2D eigenvalue weighted by Crippen LogP contribution is -2.14. The van der Waals surface area contributed by atoms with Gasteiger partial charge in [0.05, 0.1) is 54.3 Å². The summed E-state index contributed by atoms with van der Waals surface area (Å²) in [6, 6.07) is 14.7. The first-order valence-corrected chi connectivity index (χ1v) is 15.1. The largest absolute Gasteiger partial charge is 0.478 e. The highest BCUT2D eigenvalue weighted by atomic mass is 16.5. The van der Waals surface area contributed by atoms with Gasteiger partial charge in [0.1, 0.15) is 22.7 Å². The maximum Gasteiger partial charge on any atom is 0.337 e. The van der Waals surface area contributed by atoms with Crippen molar-refractivity contribution in [3.63, 3.8) is 0 Å². The molecular weight excluding hydrogens is 596 g/mol. The molecule has 6 rings (SSSR count). The smallest absolute Gasteiger partial charge is 0.337 e. The second kappa shape index (κ2) is 13.7. The molecule has 12 heteroatoms. The molecule has 0 aliphatic rings. The third kappa shape index (κ3) is 6.62. The first kappa shape index (κ1) is 32.6. The third-order valence-electron chi connectivity index (χ3n) is 8.19. The predicted molar refractivity (Wildman–Crippen MR) is 183 cm³/mol. The van der Waals surface area contributed by atoms with Gasteiger partial charge in [-0.25, -0.2) is 29.5 Å². The Morgan fingerprint density at radius 1 is 0.723 bits per heavy atom. The number of carbonyl (C=O) groups excluding carboxylic acids is 1. The van der Waals surface area contributed by atoms with Crippen LogP contribution in [-0.2, 0) is 31.7 Å². The number of carbonyl (C=O) groups is 2. The number of rotatable bonds is 8. The topological polar surface area (TPSA) is 132 Å². The lowest BCUT2D eigenvalue weighted by atomic mass is 10.1. The molecule has 4 aromatic heterocycles. The summed E-state index contributed by atoms with van der Waals surface area (Å²) in [5, 5.41) is 9.14. The fourth-order valence-corrected chi connectivity index (χ4v) is 5.42. The highest BCUT2D eigenvalue weighted by molar-refractivity contribution is 5.91. The number of aryl methyl sites for hydroxylation is 4. The van der Waals surface area contributed by atoms with Crippen molar-refractivity contribution in [2.45, 2.75) is 26.7 Å². The molecule has 0 amide bonds. The average molecular weight is 635 g/mol. The van der Waals surface area contributed by atoms with Crippen molar-refractivity contribution in [2.24, 2.45) is 14.1 Å². The number of hydrogen-bond donors (Lipinski definition) is 1. The van der Waals surface area contributed by atoms with E-state index in [9.17, 15) is 9.59 Å². The Balaban J connectivity index is 0.000000185. The summed E-state index contributed by atoms with van der Waals surface area (Å²) in [5.74, 6) is 0.377. The van der Waals surface area contributed by atoms with Gasteiger partial charge in [0.15, 0.2) is 0 Å². The Kier molecular flexibility index (Phi) is 9.50. The van der Waals surface area contributed by atoms with Crippen LogP contribution in [0.15, 0.2) is 73.6 Å². The van der Waals surface area contributed by atoms with E-state index in [-0.39, 0.29) is 5.97 Å². The number of hydrogen-bond acceptors (Lipinski definition) is 9. The molecule has 0 fully saturated rings. The number of carboxylic acids is 1. The van der Waals surface area contributed by atoms with Crippen LogP contribution in [0, 0.1) is 0 Å². The molecule has 6 aromatic rings. The molecule has 0 saturated carbocycles. The monoisotopic (exact) mass is 634 g/mol. The van der Waals surface area contributed by atoms with Crippen LogP contribution in [0.5, 0.6) is 0 Å². The summed E-state index contributed by atoms with van der Waals surface area (Å²) in [6.07, 6.45) is 8.61. The van der Waals surface area contributed by atoms with Crippen molar-refractivity contribution < 1.29 is 19.4 Å². The number of methoxy groups -OCH3 is 1. The van der Waals surface area contributed by atoms with Gasteiger partial charge in [-0.15, -0.1) is 0 Å². The molecule has 0 bridgehead atoms. The van der Waals surface area contributed by atoms with E-state index in [2.05, 4.69) is 26.9 Å². The first-order valence-electron chi connectivity index (χ1n) is 15.1. The highest BCUT2D eigenvalue weighted by Crippen LogP contribution is 2.30. The van der Waals surface area contributed by atoms with E-state index in [1.807, 2.05) is 84.4 Å². The van der Waals surface area contributed by atoms with E-state index in [0.29, 0.717) is 11.1 Å². The van der Waals surface area contributed by atoms with Gasteiger partial charge < -0.3 is 28.8 Å². The first-order chi connectivity index (χ1) is 22.6. The van der Waals surface area contributed by atoms with Gasteiger partial charge in [0.25, 0.3) is 0 Å². The summed E-state index contributed by atoms with van der Waals surface area (Å²) in [5.41, 5.74) is 8.60. The lowest BCUT2D eigenvalue weighted by molar-refractivity contribution is 0.0599. The zero-order valence-corrected chi connectivity index (χ0v) is 27.6. The third-order valence-corrected chi connectivity index (χ3v) is 8.19. The molecule has 0 aliphatic carbocycles. The molecule has 47 heavy (non-hydrogen) atoms. The Bertz CT molecular complexity index is 2080. The Hall–Kier alpha value is -5.78. The minimum absolute atomic E-state index is 0.300. The number of imidazole rings is 2. The summed E-state index contributed by atoms with van der Waals surface area (Å²) in [4.78, 5) is 44.4. The lowest BCUT2D eigenvalue weighted by Gasteiger charge is -2.22. The van der Waals surface area contributed by atoms with Crippen molar-refractivity contribution in [3.05, 3.63) is 95.8 Å². The summed E-state index contributed by atoms with van der Waals surface area (Å²) in [6.45, 7) is 4.07. The molecule has 0 unspecified atom stereocenters. The number of aromatic carboxylic acids is 1. The van der Waals surface area contributed by atoms with Crippen molar-refractivity contribution in [3.8, 4) is 0 Å². The number of anilines is 4. The number of nitrogens with zero attached hydrogens (tertiary/aromatic N) is 8. The van der Waals surface area contributed by atoms with Crippen LogP contribution in [-0.4, -0.2) is 67.3 Å². The number of benzene rings is 2. The number of carboxylic acid groups (broad SMARTS) is 1. The molecule has 1 N–H and O–H groups in total. The van der Waals surface area contributed by atoms with Gasteiger partial charge in [-0.1, -0.05) is 13.8 Å². The van der Waals surface area contributed by atoms with E-state index in [4.69, 9.17) is 9.84 Å². The molecule has 12 nitrogen and oxygen atoms in total. The maximum absolute atomic E-state index is 11.7. The molecule has 2 aromatic carbocycles. The molecule has 4 heterocycles. The second-order valence-corrected chi connectivity index (χ2v) is 11.1. The van der Waals surface area contributed by atoms with Gasteiger partial charge >= 0.3 is 11.9 Å². The minimum Gasteiger partial charge on any atom is -0.478 e. The van der Waals surface area contributed by atoms with Crippen LogP contribution in [0.3, 0.4) is 0 Å². The van der Waals surface area contributed by atoms with Crippen molar-refractivity contribution in [1.29, 1.82) is 0 Å². The van der Waals surface area contributed by atoms with E-state index in [1.165, 1.54) is 7.11 Å². The van der Waals surface area contributed by atoms with Crippen LogP contribution >= 0.6 is 0 Å². The number of pyridine rings is 2. The number of fused-ring (bicyclic) bond motifs is 2. The summed E-state index contributed by atoms with van der Waals surface area (Å²) in [7, 11) is 9.19. The molecule has 0 spiro atoms. The van der Waals surface area contributed by atoms with Gasteiger partial charge in [0.2, 0.25) is 0 Å². The highest BCUT2D eigenvalue weighted by Gasteiger charge is 2.16. The van der Waals surface area contributed by atoms with Crippen molar-refractivity contribution in [2.75, 3.05) is 31.0 Å². The molecular formula is C35H38N8O4. The van der Waals surface area contributed by atoms with Crippen LogP contribution in [0.1, 0.15) is 45.7 Å². The zero-order valence-electron chi connectivity index (χ0n) is 27.6. The summed E-state index contributed by atoms with van der Waals surface area (Å²) >= 11 is 0. The predicted octanol–water partition coefficient (Wildman–Crippen LogP) is 6.08. The van der Waals surface area contributed by atoms with E-state index >= 15 is 0 Å². The van der Waals surface area contributed by atoms with Crippen LogP contribution in [0.4, 0.5) is 23.0 Å². The van der Waals surface area contributed by atoms with Gasteiger partial charge in [-0.2, -0.15) is 0 Å². The Morgan fingerprint density at radius 3 is 1.60 bits per heavy atom. The van der Waals surface area contributed by atoms with E-state index in [1.54, 1.807) is 43.2 Å². The Morgan fingerprint density at radius 2 is 1.17 bits per heavy atom. The fourth-order valence-electron chi connectivity index (χ4n) is 5.42. The molecule has 0 atom stereocenters. The van der Waals surface area contributed by atoms with E-state index in [0.717, 1.165) is 69.0 Å². The molecule has 0 saturated heterocycles. The number of aromatic nitrogens is 6. The average Bonchev–Trinajstić information content (AvgIpc) is 3.67. The standard InChI is InChI=1S/C18H20N4O2.C17H18N4O2/c1-5-12-8-13(18(23)24-4)6-7-15(12)22(3)17-9-16-14(10-19-17)20-11-21(16)2;1-4-11-7-12(17(22)23)5-6-14(11)21(3)16-8-15-13(9-18-16)19-10-20(15)2/h6-11H,5H2,1-4H3;5-10H,4H2,1-3H3,(H,22,23). The number of esters is 1. The normalized spacial score (nSPS) is 10.9. The fraction of sp³-hybridized carbons (Fsp3) is 0.257. The maximum atomic E-state index is 11.7. The summed E-state index contributed by atoms with van der Waals surface area (Å²) < 4.78 is 8.71. The molecule has 242 valence electrons.